The maximum Gasteiger partial charge on any atom is 0.262 e. The van der Waals surface area contributed by atoms with Gasteiger partial charge in [-0.2, -0.15) is 4.31 Å². The van der Waals surface area contributed by atoms with E-state index in [1.165, 1.54) is 16.8 Å². The largest absolute Gasteiger partial charge is 0.387 e. The highest BCUT2D eigenvalue weighted by atomic mass is 32.2. The molecule has 2 fully saturated rings. The van der Waals surface area contributed by atoms with Crippen molar-refractivity contribution in [2.45, 2.75) is 17.0 Å². The van der Waals surface area contributed by atoms with Crippen LogP contribution in [0, 0.1) is 0 Å². The summed E-state index contributed by atoms with van der Waals surface area (Å²) in [5.41, 5.74) is -1.00. The van der Waals surface area contributed by atoms with Gasteiger partial charge in [-0.25, -0.2) is 13.4 Å². The third-order valence-corrected chi connectivity index (χ3v) is 5.94. The summed E-state index contributed by atoms with van der Waals surface area (Å²) >= 11 is 0. The Bertz CT molecular complexity index is 626. The van der Waals surface area contributed by atoms with Crippen LogP contribution in [-0.4, -0.2) is 83.8 Å². The minimum atomic E-state index is -3.63. The van der Waals surface area contributed by atoms with Gasteiger partial charge in [-0.1, -0.05) is 0 Å². The number of sulfonamides is 1. The van der Waals surface area contributed by atoms with Crippen molar-refractivity contribution in [1.29, 1.82) is 0 Å². The highest BCUT2D eigenvalue weighted by molar-refractivity contribution is 7.89. The zero-order valence-corrected chi connectivity index (χ0v) is 13.5. The SMILES string of the molecule is Cn1cnc(S(=O)(=O)N2CCC(O)(CN3CCOCC3)C2)c1. The molecule has 1 unspecified atom stereocenters. The zero-order valence-electron chi connectivity index (χ0n) is 12.7. The van der Waals surface area contributed by atoms with Gasteiger partial charge in [0.15, 0.2) is 5.03 Å². The Labute approximate surface area is 130 Å². The van der Waals surface area contributed by atoms with E-state index in [0.717, 1.165) is 13.1 Å². The Morgan fingerprint density at radius 3 is 2.73 bits per heavy atom. The van der Waals surface area contributed by atoms with Gasteiger partial charge >= 0.3 is 0 Å². The molecule has 1 N–H and O–H groups in total. The van der Waals surface area contributed by atoms with E-state index in [9.17, 15) is 13.5 Å². The van der Waals surface area contributed by atoms with Crippen LogP contribution in [0.2, 0.25) is 0 Å². The van der Waals surface area contributed by atoms with Crippen LogP contribution in [0.15, 0.2) is 17.6 Å². The third-order valence-electron chi connectivity index (χ3n) is 4.20. The van der Waals surface area contributed by atoms with E-state index in [1.54, 1.807) is 11.6 Å². The molecule has 0 radical (unpaired) electrons. The van der Waals surface area contributed by atoms with Crippen molar-refractivity contribution in [3.8, 4) is 0 Å². The van der Waals surface area contributed by atoms with Crippen molar-refractivity contribution in [2.75, 3.05) is 45.9 Å². The predicted octanol–water partition coefficient (Wildman–Crippen LogP) is -1.12. The molecule has 22 heavy (non-hydrogen) atoms. The number of aryl methyl sites for hydroxylation is 1. The molecule has 3 heterocycles. The van der Waals surface area contributed by atoms with Crippen molar-refractivity contribution in [2.24, 2.45) is 7.05 Å². The number of imidazole rings is 1. The van der Waals surface area contributed by atoms with E-state index in [1.807, 2.05) is 0 Å². The summed E-state index contributed by atoms with van der Waals surface area (Å²) in [7, 11) is -1.90. The molecule has 0 amide bonds. The van der Waals surface area contributed by atoms with Gasteiger partial charge in [-0.05, 0) is 6.42 Å². The number of hydrogen-bond donors (Lipinski definition) is 1. The molecule has 0 saturated carbocycles. The number of ether oxygens (including phenoxy) is 1. The van der Waals surface area contributed by atoms with Gasteiger partial charge in [0.1, 0.15) is 0 Å². The molecule has 2 saturated heterocycles. The van der Waals surface area contributed by atoms with Crippen molar-refractivity contribution < 1.29 is 18.3 Å². The van der Waals surface area contributed by atoms with E-state index in [2.05, 4.69) is 9.88 Å². The summed E-state index contributed by atoms with van der Waals surface area (Å²) in [6.07, 6.45) is 3.38. The molecule has 0 aliphatic carbocycles. The van der Waals surface area contributed by atoms with Crippen LogP contribution >= 0.6 is 0 Å². The minimum Gasteiger partial charge on any atom is -0.387 e. The summed E-state index contributed by atoms with van der Waals surface area (Å²) in [5, 5.41) is 10.7. The lowest BCUT2D eigenvalue weighted by atomic mass is 10.0. The van der Waals surface area contributed by atoms with Crippen LogP contribution in [0.25, 0.3) is 0 Å². The van der Waals surface area contributed by atoms with E-state index < -0.39 is 15.6 Å². The quantitative estimate of drug-likeness (QED) is 0.752. The Hall–Kier alpha value is -1.00. The molecule has 2 aliphatic heterocycles. The Morgan fingerprint density at radius 2 is 2.09 bits per heavy atom. The molecule has 0 spiro atoms. The number of aliphatic hydroxyl groups is 1. The second-order valence-electron chi connectivity index (χ2n) is 6.08. The first-order valence-electron chi connectivity index (χ1n) is 7.40. The maximum absolute atomic E-state index is 12.5. The number of aromatic nitrogens is 2. The van der Waals surface area contributed by atoms with Crippen LogP contribution in [0.3, 0.4) is 0 Å². The molecule has 124 valence electrons. The lowest BCUT2D eigenvalue weighted by Gasteiger charge is -2.33. The smallest absolute Gasteiger partial charge is 0.262 e. The van der Waals surface area contributed by atoms with Gasteiger partial charge in [-0.15, -0.1) is 0 Å². The van der Waals surface area contributed by atoms with Gasteiger partial charge in [0.2, 0.25) is 0 Å². The standard InChI is InChI=1S/C13H22N4O4S/c1-15-8-12(14-11-15)22(19,20)17-3-2-13(18,10-17)9-16-4-6-21-7-5-16/h8,11,18H,2-7,9-10H2,1H3. The lowest BCUT2D eigenvalue weighted by Crippen LogP contribution is -2.49. The third kappa shape index (κ3) is 3.18. The molecule has 2 aliphatic rings. The van der Waals surface area contributed by atoms with Crippen molar-refractivity contribution in [3.05, 3.63) is 12.5 Å². The normalized spacial score (nSPS) is 28.3. The van der Waals surface area contributed by atoms with Crippen molar-refractivity contribution in [3.63, 3.8) is 0 Å². The molecule has 0 bridgehead atoms. The lowest BCUT2D eigenvalue weighted by molar-refractivity contribution is -0.0239. The molecule has 1 aromatic rings. The maximum atomic E-state index is 12.5. The number of rotatable bonds is 4. The van der Waals surface area contributed by atoms with E-state index in [0.29, 0.717) is 32.7 Å². The summed E-state index contributed by atoms with van der Waals surface area (Å²) in [4.78, 5) is 6.05. The summed E-state index contributed by atoms with van der Waals surface area (Å²) in [6, 6.07) is 0. The highest BCUT2D eigenvalue weighted by Gasteiger charge is 2.43. The average molecular weight is 330 g/mol. The van der Waals surface area contributed by atoms with E-state index in [4.69, 9.17) is 4.74 Å². The molecular weight excluding hydrogens is 308 g/mol. The van der Waals surface area contributed by atoms with Gasteiger partial charge < -0.3 is 14.4 Å². The van der Waals surface area contributed by atoms with Crippen LogP contribution < -0.4 is 0 Å². The zero-order chi connectivity index (χ0) is 15.8. The summed E-state index contributed by atoms with van der Waals surface area (Å²) in [5.74, 6) is 0. The molecule has 1 aromatic heterocycles. The van der Waals surface area contributed by atoms with Gasteiger partial charge in [-0.3, -0.25) is 4.90 Å². The number of β-amino-alcohol motifs (C(OH)–C–C–N with tert-alkyl or cyclic N) is 1. The summed E-state index contributed by atoms with van der Waals surface area (Å²) in [6.45, 7) is 3.77. The van der Waals surface area contributed by atoms with E-state index in [-0.39, 0.29) is 11.6 Å². The second-order valence-corrected chi connectivity index (χ2v) is 7.96. The molecule has 0 aromatic carbocycles. The molecule has 1 atom stereocenters. The van der Waals surface area contributed by atoms with Crippen molar-refractivity contribution >= 4 is 10.0 Å². The molecule has 8 nitrogen and oxygen atoms in total. The number of morpholine rings is 1. The first-order chi connectivity index (χ1) is 10.4. The Kier molecular flexibility index (Phi) is 4.25. The van der Waals surface area contributed by atoms with Gasteiger partial charge in [0.05, 0.1) is 25.1 Å². The monoisotopic (exact) mass is 330 g/mol. The average Bonchev–Trinajstić information content (AvgIpc) is 3.07. The predicted molar refractivity (Wildman–Crippen MR) is 78.8 cm³/mol. The highest BCUT2D eigenvalue weighted by Crippen LogP contribution is 2.27. The van der Waals surface area contributed by atoms with E-state index >= 15 is 0 Å². The Morgan fingerprint density at radius 1 is 1.36 bits per heavy atom. The second kappa shape index (κ2) is 5.89. The van der Waals surface area contributed by atoms with Crippen LogP contribution in [0.5, 0.6) is 0 Å². The molecule has 9 heteroatoms. The van der Waals surface area contributed by atoms with Crippen LogP contribution in [0.4, 0.5) is 0 Å². The minimum absolute atomic E-state index is 0.0330. The first kappa shape index (κ1) is 15.9. The fourth-order valence-electron chi connectivity index (χ4n) is 2.98. The van der Waals surface area contributed by atoms with Gasteiger partial charge in [0, 0.05) is 46.0 Å². The van der Waals surface area contributed by atoms with Crippen LogP contribution in [-0.2, 0) is 21.8 Å². The molecule has 3 rings (SSSR count). The summed E-state index contributed by atoms with van der Waals surface area (Å²) < 4.78 is 33.3. The number of nitrogens with zero attached hydrogens (tertiary/aromatic N) is 4. The fraction of sp³-hybridized carbons (Fsp3) is 0.769. The Balaban J connectivity index is 1.68. The number of hydrogen-bond acceptors (Lipinski definition) is 6. The molecular formula is C13H22N4O4S. The fourth-order valence-corrected chi connectivity index (χ4v) is 4.47. The van der Waals surface area contributed by atoms with Crippen molar-refractivity contribution in [1.82, 2.24) is 18.8 Å². The van der Waals surface area contributed by atoms with Gasteiger partial charge in [0.25, 0.3) is 10.0 Å². The first-order valence-corrected chi connectivity index (χ1v) is 8.84. The van der Waals surface area contributed by atoms with Crippen LogP contribution in [0.1, 0.15) is 6.42 Å². The topological polar surface area (TPSA) is 87.9 Å².